The van der Waals surface area contributed by atoms with Crippen LogP contribution in [0.5, 0.6) is 0 Å². The van der Waals surface area contributed by atoms with Crippen molar-refractivity contribution in [2.24, 2.45) is 0 Å². The fourth-order valence-corrected chi connectivity index (χ4v) is 4.94. The van der Waals surface area contributed by atoms with E-state index in [2.05, 4.69) is 10.3 Å². The van der Waals surface area contributed by atoms with Gasteiger partial charge in [-0.05, 0) is 0 Å². The summed E-state index contributed by atoms with van der Waals surface area (Å²) in [6.45, 7) is 0.986. The van der Waals surface area contributed by atoms with E-state index in [4.69, 9.17) is 22.1 Å². The van der Waals surface area contributed by atoms with Crippen LogP contribution in [0, 0.1) is 0 Å². The Morgan fingerprint density at radius 1 is 1.52 bits per heavy atom. The van der Waals surface area contributed by atoms with Gasteiger partial charge in [-0.25, -0.2) is 9.78 Å². The van der Waals surface area contributed by atoms with Gasteiger partial charge in [0.05, 0.1) is 11.3 Å². The Labute approximate surface area is 177 Å². The first-order valence-electron chi connectivity index (χ1n) is 8.10. The standard InChI is InChI=1S/C16H15ClN4O6S2/c1-6(22)27-3-7-4-28-14-10(13(24)21(14)11(7)15(25)26)20-12(23)8(2-17)9-5-29-16(18)19-9/h2,5,10,14H,3-4H2,1H3,(H2,18,19)(H,20,23)(H,25,26)/t10?,14-/m1/s1. The lowest BCUT2D eigenvalue weighted by atomic mass is 10.0. The first kappa shape index (κ1) is 21.1. The van der Waals surface area contributed by atoms with Crippen molar-refractivity contribution in [2.75, 3.05) is 18.1 Å². The minimum Gasteiger partial charge on any atom is -0.477 e. The second-order valence-electron chi connectivity index (χ2n) is 5.99. The third-order valence-electron chi connectivity index (χ3n) is 4.14. The summed E-state index contributed by atoms with van der Waals surface area (Å²) in [6.07, 6.45) is 0. The van der Waals surface area contributed by atoms with Crippen LogP contribution in [-0.4, -0.2) is 62.5 Å². The Bertz CT molecular complexity index is 959. The molecule has 0 saturated carbocycles. The normalized spacial score (nSPS) is 21.4. The highest BCUT2D eigenvalue weighted by atomic mass is 35.5. The van der Waals surface area contributed by atoms with E-state index in [1.165, 1.54) is 18.7 Å². The number of fused-ring (bicyclic) bond motifs is 1. The van der Waals surface area contributed by atoms with E-state index in [1.54, 1.807) is 5.38 Å². The molecule has 154 valence electrons. The number of hydrogen-bond donors (Lipinski definition) is 3. The van der Waals surface area contributed by atoms with Gasteiger partial charge in [0, 0.05) is 29.2 Å². The molecule has 2 aliphatic rings. The zero-order valence-electron chi connectivity index (χ0n) is 14.9. The van der Waals surface area contributed by atoms with E-state index in [9.17, 15) is 24.3 Å². The zero-order valence-corrected chi connectivity index (χ0v) is 17.3. The average molecular weight is 459 g/mol. The number of hydrogen-bond acceptors (Lipinski definition) is 9. The smallest absolute Gasteiger partial charge is 0.352 e. The lowest BCUT2D eigenvalue weighted by Crippen LogP contribution is -2.70. The van der Waals surface area contributed by atoms with Crippen molar-refractivity contribution >= 4 is 69.2 Å². The Kier molecular flexibility index (Phi) is 6.15. The summed E-state index contributed by atoms with van der Waals surface area (Å²) >= 11 is 8.14. The lowest BCUT2D eigenvalue weighted by Gasteiger charge is -2.49. The van der Waals surface area contributed by atoms with Crippen LogP contribution in [0.2, 0.25) is 0 Å². The maximum atomic E-state index is 12.6. The van der Waals surface area contributed by atoms with Gasteiger partial charge in [0.1, 0.15) is 23.7 Å². The molecule has 1 fully saturated rings. The monoisotopic (exact) mass is 458 g/mol. The van der Waals surface area contributed by atoms with Crippen LogP contribution in [-0.2, 0) is 23.9 Å². The third kappa shape index (κ3) is 4.09. The van der Waals surface area contributed by atoms with Crippen LogP contribution in [0.1, 0.15) is 12.6 Å². The maximum absolute atomic E-state index is 12.6. The number of amides is 2. The number of esters is 1. The molecule has 0 spiro atoms. The fourth-order valence-electron chi connectivity index (χ4n) is 2.84. The van der Waals surface area contributed by atoms with E-state index in [0.29, 0.717) is 5.57 Å². The van der Waals surface area contributed by atoms with Gasteiger partial charge in [-0.1, -0.05) is 11.6 Å². The maximum Gasteiger partial charge on any atom is 0.352 e. The largest absolute Gasteiger partial charge is 0.477 e. The number of aliphatic carboxylic acids is 1. The number of nitrogens with two attached hydrogens (primary N) is 1. The molecule has 1 aromatic rings. The summed E-state index contributed by atoms with van der Waals surface area (Å²) < 4.78 is 4.87. The highest BCUT2D eigenvalue weighted by Gasteiger charge is 2.54. The molecule has 0 bridgehead atoms. The number of carbonyl (C=O) groups excluding carboxylic acids is 3. The number of thiazole rings is 1. The van der Waals surface area contributed by atoms with Crippen LogP contribution >= 0.6 is 34.7 Å². The third-order valence-corrected chi connectivity index (χ3v) is 6.37. The molecule has 13 heteroatoms. The van der Waals surface area contributed by atoms with Crippen molar-refractivity contribution in [3.63, 3.8) is 0 Å². The first-order valence-corrected chi connectivity index (χ1v) is 10.5. The van der Waals surface area contributed by atoms with Gasteiger partial charge in [0.25, 0.3) is 11.8 Å². The second kappa shape index (κ2) is 8.43. The molecule has 2 atom stereocenters. The topological polar surface area (TPSA) is 152 Å². The van der Waals surface area contributed by atoms with E-state index in [-0.39, 0.29) is 34.5 Å². The second-order valence-corrected chi connectivity index (χ2v) is 8.21. The van der Waals surface area contributed by atoms with Crippen molar-refractivity contribution in [3.8, 4) is 0 Å². The van der Waals surface area contributed by atoms with Gasteiger partial charge in [0.15, 0.2) is 5.13 Å². The fraction of sp³-hybridized carbons (Fsp3) is 0.312. The number of nitrogens with one attached hydrogen (secondary N) is 1. The number of thioether (sulfide) groups is 1. The van der Waals surface area contributed by atoms with Crippen LogP contribution in [0.15, 0.2) is 22.2 Å². The molecule has 0 radical (unpaired) electrons. The average Bonchev–Trinajstić information content (AvgIpc) is 3.09. The van der Waals surface area contributed by atoms with Gasteiger partial charge < -0.3 is 20.9 Å². The minimum absolute atomic E-state index is 0.0382. The molecule has 1 saturated heterocycles. The number of carbonyl (C=O) groups is 4. The summed E-state index contributed by atoms with van der Waals surface area (Å²) in [5.41, 5.74) is 7.00. The van der Waals surface area contributed by atoms with E-state index >= 15 is 0 Å². The summed E-state index contributed by atoms with van der Waals surface area (Å²) in [4.78, 5) is 52.9. The number of nitrogens with zero attached hydrogens (tertiary/aromatic N) is 2. The summed E-state index contributed by atoms with van der Waals surface area (Å²) in [5.74, 6) is -2.85. The van der Waals surface area contributed by atoms with Gasteiger partial charge in [-0.3, -0.25) is 19.3 Å². The molecule has 29 heavy (non-hydrogen) atoms. The molecule has 3 heterocycles. The number of β-lactam (4-membered cyclic amide) rings is 1. The van der Waals surface area contributed by atoms with Crippen LogP contribution in [0.3, 0.4) is 0 Å². The number of carboxylic acids is 1. The summed E-state index contributed by atoms with van der Waals surface area (Å²) in [7, 11) is 0. The molecular formula is C16H15ClN4O6S2. The quantitative estimate of drug-likeness (QED) is 0.316. The molecule has 2 amide bonds. The van der Waals surface area contributed by atoms with Crippen molar-refractivity contribution < 1.29 is 29.0 Å². The van der Waals surface area contributed by atoms with E-state index < -0.39 is 35.2 Å². The number of nitrogen functional groups attached to an aromatic ring is 1. The van der Waals surface area contributed by atoms with E-state index in [1.807, 2.05) is 0 Å². The lowest BCUT2D eigenvalue weighted by molar-refractivity contribution is -0.150. The van der Waals surface area contributed by atoms with Crippen LogP contribution < -0.4 is 11.1 Å². The van der Waals surface area contributed by atoms with E-state index in [0.717, 1.165) is 21.8 Å². The molecule has 4 N–H and O–H groups in total. The number of halogens is 1. The van der Waals surface area contributed by atoms with Crippen molar-refractivity contribution in [3.05, 3.63) is 27.9 Å². The Morgan fingerprint density at radius 3 is 2.79 bits per heavy atom. The van der Waals surface area contributed by atoms with Crippen molar-refractivity contribution in [1.82, 2.24) is 15.2 Å². The molecule has 10 nitrogen and oxygen atoms in total. The predicted molar refractivity (Wildman–Crippen MR) is 107 cm³/mol. The van der Waals surface area contributed by atoms with Gasteiger partial charge >= 0.3 is 11.9 Å². The molecule has 1 unspecified atom stereocenters. The number of rotatable bonds is 6. The van der Waals surface area contributed by atoms with Gasteiger partial charge in [-0.15, -0.1) is 23.1 Å². The summed E-state index contributed by atoms with van der Waals surface area (Å²) in [5, 5.41) is 13.3. The molecule has 3 rings (SSSR count). The number of ether oxygens (including phenoxy) is 1. The first-order chi connectivity index (χ1) is 13.7. The number of anilines is 1. The Hall–Kier alpha value is -2.57. The highest BCUT2D eigenvalue weighted by Crippen LogP contribution is 2.40. The molecule has 0 aliphatic carbocycles. The molecule has 2 aliphatic heterocycles. The Morgan fingerprint density at radius 2 is 2.24 bits per heavy atom. The predicted octanol–water partition coefficient (Wildman–Crippen LogP) is 0.607. The summed E-state index contributed by atoms with van der Waals surface area (Å²) in [6, 6.07) is -0.931. The molecule has 1 aromatic heterocycles. The Balaban J connectivity index is 1.76. The minimum atomic E-state index is -1.31. The van der Waals surface area contributed by atoms with Crippen molar-refractivity contribution in [1.29, 1.82) is 0 Å². The van der Waals surface area contributed by atoms with Gasteiger partial charge in [-0.2, -0.15) is 0 Å². The molecule has 0 aromatic carbocycles. The highest BCUT2D eigenvalue weighted by molar-refractivity contribution is 8.00. The van der Waals surface area contributed by atoms with Gasteiger partial charge in [0.2, 0.25) is 0 Å². The van der Waals surface area contributed by atoms with Crippen LogP contribution in [0.25, 0.3) is 5.57 Å². The van der Waals surface area contributed by atoms with Crippen LogP contribution in [0.4, 0.5) is 5.13 Å². The SMILES string of the molecule is CC(=O)OCC1=C(C(=O)O)N2C(=O)C(NC(=O)C(=CCl)c3csc(N)n3)[C@H]2SC1. The van der Waals surface area contributed by atoms with Crippen molar-refractivity contribution in [2.45, 2.75) is 18.3 Å². The molecular weight excluding hydrogens is 444 g/mol. The number of aromatic nitrogens is 1. The zero-order chi connectivity index (χ0) is 21.3. The number of carboxylic acid groups (broad SMARTS) is 1.